The Kier molecular flexibility index (Phi) is 5.66. The van der Waals surface area contributed by atoms with Gasteiger partial charge in [0.15, 0.2) is 0 Å². The van der Waals surface area contributed by atoms with Gasteiger partial charge in [-0.05, 0) is 21.0 Å². The Morgan fingerprint density at radius 1 is 1.58 bits per heavy atom. The number of esters is 1. The molecule has 0 aliphatic heterocycles. The maximum Gasteiger partial charge on any atom is 0.322 e. The van der Waals surface area contributed by atoms with Crippen molar-refractivity contribution in [3.05, 3.63) is 0 Å². The third-order valence-corrected chi connectivity index (χ3v) is 1.56. The van der Waals surface area contributed by atoms with Crippen molar-refractivity contribution in [2.24, 2.45) is 0 Å². The molecule has 0 aliphatic carbocycles. The molecule has 1 N–H and O–H groups in total. The van der Waals surface area contributed by atoms with Gasteiger partial charge in [-0.1, -0.05) is 0 Å². The van der Waals surface area contributed by atoms with E-state index in [1.54, 1.807) is 6.92 Å². The van der Waals surface area contributed by atoms with Crippen molar-refractivity contribution in [1.29, 1.82) is 0 Å². The molecule has 0 rings (SSSR count). The van der Waals surface area contributed by atoms with Crippen molar-refractivity contribution >= 4 is 5.97 Å². The van der Waals surface area contributed by atoms with E-state index in [1.165, 1.54) is 7.11 Å². The summed E-state index contributed by atoms with van der Waals surface area (Å²) in [7, 11) is 5.38. The second kappa shape index (κ2) is 5.97. The van der Waals surface area contributed by atoms with Gasteiger partial charge in [-0.15, -0.1) is 0 Å². The third kappa shape index (κ3) is 5.09. The average Bonchev–Trinajstić information content (AvgIpc) is 2.02. The quantitative estimate of drug-likeness (QED) is 0.581. The van der Waals surface area contributed by atoms with Gasteiger partial charge in [0.25, 0.3) is 0 Å². The number of hydrogen-bond acceptors (Lipinski definition) is 4. The molecule has 0 aromatic carbocycles. The maximum atomic E-state index is 10.9. The molecule has 1 unspecified atom stereocenters. The first-order valence-corrected chi connectivity index (χ1v) is 4.04. The molecule has 1 atom stereocenters. The minimum atomic E-state index is -0.214. The van der Waals surface area contributed by atoms with E-state index in [2.05, 4.69) is 15.0 Å². The molecule has 0 aromatic heterocycles. The molecule has 4 heteroatoms. The lowest BCUT2D eigenvalue weighted by atomic mass is 10.3. The van der Waals surface area contributed by atoms with E-state index in [1.807, 2.05) is 14.1 Å². The zero-order valence-corrected chi connectivity index (χ0v) is 8.26. The fourth-order valence-electron chi connectivity index (χ4n) is 0.765. The van der Waals surface area contributed by atoms with E-state index >= 15 is 0 Å². The van der Waals surface area contributed by atoms with Crippen LogP contribution in [0, 0.1) is 0 Å². The monoisotopic (exact) mass is 174 g/mol. The number of likely N-dealkylation sites (N-methyl/N-ethyl adjacent to an activating group) is 1. The van der Waals surface area contributed by atoms with E-state index in [-0.39, 0.29) is 12.0 Å². The molecule has 0 heterocycles. The molecule has 0 saturated carbocycles. The van der Waals surface area contributed by atoms with Gasteiger partial charge in [0, 0.05) is 13.1 Å². The summed E-state index contributed by atoms with van der Waals surface area (Å²) in [5.74, 6) is -0.214. The highest BCUT2D eigenvalue weighted by Crippen LogP contribution is 1.84. The number of hydrogen-bond donors (Lipinski definition) is 1. The van der Waals surface area contributed by atoms with Crippen LogP contribution in [0.3, 0.4) is 0 Å². The standard InChI is InChI=1S/C8H18N2O2/c1-7(8(11)12-4)9-5-6-10(2)3/h7,9H,5-6H2,1-4H3. The van der Waals surface area contributed by atoms with Gasteiger partial charge in [0.05, 0.1) is 7.11 Å². The van der Waals surface area contributed by atoms with Gasteiger partial charge in [-0.2, -0.15) is 0 Å². The minimum absolute atomic E-state index is 0.213. The molecule has 72 valence electrons. The first-order chi connectivity index (χ1) is 5.57. The lowest BCUT2D eigenvalue weighted by Crippen LogP contribution is -2.38. The third-order valence-electron chi connectivity index (χ3n) is 1.56. The van der Waals surface area contributed by atoms with E-state index < -0.39 is 0 Å². The number of ether oxygens (including phenoxy) is 1. The van der Waals surface area contributed by atoms with Crippen LogP contribution in [-0.4, -0.2) is 51.2 Å². The van der Waals surface area contributed by atoms with Gasteiger partial charge in [-0.3, -0.25) is 4.79 Å². The molecule has 0 amide bonds. The van der Waals surface area contributed by atoms with Crippen LogP contribution in [-0.2, 0) is 9.53 Å². The summed E-state index contributed by atoms with van der Waals surface area (Å²) in [6, 6.07) is -0.213. The maximum absolute atomic E-state index is 10.9. The first-order valence-electron chi connectivity index (χ1n) is 4.04. The summed E-state index contributed by atoms with van der Waals surface area (Å²) in [5, 5.41) is 3.05. The normalized spacial score (nSPS) is 13.1. The number of carbonyl (C=O) groups is 1. The van der Waals surface area contributed by atoms with E-state index in [0.29, 0.717) is 0 Å². The zero-order valence-electron chi connectivity index (χ0n) is 8.26. The van der Waals surface area contributed by atoms with Crippen molar-refractivity contribution in [1.82, 2.24) is 10.2 Å². The summed E-state index contributed by atoms with van der Waals surface area (Å²) in [6.45, 7) is 3.51. The number of nitrogens with zero attached hydrogens (tertiary/aromatic N) is 1. The van der Waals surface area contributed by atoms with Crippen LogP contribution in [0.5, 0.6) is 0 Å². The predicted octanol–water partition coefficient (Wildman–Crippen LogP) is -0.301. The molecular weight excluding hydrogens is 156 g/mol. The lowest BCUT2D eigenvalue weighted by molar-refractivity contribution is -0.142. The van der Waals surface area contributed by atoms with E-state index in [0.717, 1.165) is 13.1 Å². The SMILES string of the molecule is COC(=O)C(C)NCCN(C)C. The molecule has 0 aromatic rings. The molecule has 0 bridgehead atoms. The largest absolute Gasteiger partial charge is 0.468 e. The van der Waals surface area contributed by atoms with Crippen LogP contribution in [0.2, 0.25) is 0 Å². The summed E-state index contributed by atoms with van der Waals surface area (Å²) < 4.78 is 4.55. The molecule has 0 radical (unpaired) electrons. The molecule has 12 heavy (non-hydrogen) atoms. The Hall–Kier alpha value is -0.610. The zero-order chi connectivity index (χ0) is 9.56. The number of nitrogens with one attached hydrogen (secondary N) is 1. The predicted molar refractivity (Wildman–Crippen MR) is 48.0 cm³/mol. The van der Waals surface area contributed by atoms with Crippen molar-refractivity contribution in [3.8, 4) is 0 Å². The fourth-order valence-corrected chi connectivity index (χ4v) is 0.765. The van der Waals surface area contributed by atoms with Gasteiger partial charge in [0.2, 0.25) is 0 Å². The van der Waals surface area contributed by atoms with Gasteiger partial charge in [0.1, 0.15) is 6.04 Å². The molecule has 0 saturated heterocycles. The van der Waals surface area contributed by atoms with Crippen LogP contribution in [0.15, 0.2) is 0 Å². The fraction of sp³-hybridized carbons (Fsp3) is 0.875. The molecule has 4 nitrogen and oxygen atoms in total. The van der Waals surface area contributed by atoms with Gasteiger partial charge >= 0.3 is 5.97 Å². The number of carbonyl (C=O) groups excluding carboxylic acids is 1. The highest BCUT2D eigenvalue weighted by Gasteiger charge is 2.10. The Labute approximate surface area is 73.9 Å². The summed E-state index contributed by atoms with van der Waals surface area (Å²) in [6.07, 6.45) is 0. The van der Waals surface area contributed by atoms with Crippen molar-refractivity contribution in [3.63, 3.8) is 0 Å². The van der Waals surface area contributed by atoms with Crippen molar-refractivity contribution in [2.45, 2.75) is 13.0 Å². The van der Waals surface area contributed by atoms with Gasteiger partial charge < -0.3 is 15.0 Å². The molecule has 0 spiro atoms. The average molecular weight is 174 g/mol. The second-order valence-electron chi connectivity index (χ2n) is 3.00. The van der Waals surface area contributed by atoms with Crippen LogP contribution >= 0.6 is 0 Å². The van der Waals surface area contributed by atoms with Crippen LogP contribution < -0.4 is 5.32 Å². The van der Waals surface area contributed by atoms with E-state index in [9.17, 15) is 4.79 Å². The van der Waals surface area contributed by atoms with Gasteiger partial charge in [-0.25, -0.2) is 0 Å². The highest BCUT2D eigenvalue weighted by atomic mass is 16.5. The Morgan fingerprint density at radius 2 is 2.17 bits per heavy atom. The molecule has 0 aliphatic rings. The van der Waals surface area contributed by atoms with Crippen LogP contribution in [0.25, 0.3) is 0 Å². The van der Waals surface area contributed by atoms with Crippen LogP contribution in [0.4, 0.5) is 0 Å². The topological polar surface area (TPSA) is 41.6 Å². The Bertz CT molecular complexity index is 137. The summed E-state index contributed by atoms with van der Waals surface area (Å²) in [5.41, 5.74) is 0. The number of methoxy groups -OCH3 is 1. The second-order valence-corrected chi connectivity index (χ2v) is 3.00. The van der Waals surface area contributed by atoms with Crippen molar-refractivity contribution < 1.29 is 9.53 Å². The minimum Gasteiger partial charge on any atom is -0.468 e. The number of rotatable bonds is 5. The molecular formula is C8H18N2O2. The smallest absolute Gasteiger partial charge is 0.322 e. The van der Waals surface area contributed by atoms with E-state index in [4.69, 9.17) is 0 Å². The summed E-state index contributed by atoms with van der Waals surface area (Å²) >= 11 is 0. The lowest BCUT2D eigenvalue weighted by Gasteiger charge is -2.13. The summed E-state index contributed by atoms with van der Waals surface area (Å²) in [4.78, 5) is 12.9. The Morgan fingerprint density at radius 3 is 2.58 bits per heavy atom. The molecule has 0 fully saturated rings. The Balaban J connectivity index is 3.43. The van der Waals surface area contributed by atoms with Crippen LogP contribution in [0.1, 0.15) is 6.92 Å². The van der Waals surface area contributed by atoms with Crippen molar-refractivity contribution in [2.75, 3.05) is 34.3 Å². The first kappa shape index (κ1) is 11.4. The highest BCUT2D eigenvalue weighted by molar-refractivity contribution is 5.74.